The van der Waals surface area contributed by atoms with Gasteiger partial charge >= 0.3 is 5.69 Å². The van der Waals surface area contributed by atoms with E-state index in [0.717, 1.165) is 51.9 Å². The van der Waals surface area contributed by atoms with E-state index in [0.29, 0.717) is 11.6 Å². The molecule has 0 atom stereocenters. The Balaban J connectivity index is 2.03. The summed E-state index contributed by atoms with van der Waals surface area (Å²) in [6.45, 7) is 3.38. The number of nitrogens with zero attached hydrogens (tertiary/aromatic N) is 5. The van der Waals surface area contributed by atoms with Crippen molar-refractivity contribution in [1.29, 1.82) is 0 Å². The Bertz CT molecular complexity index is 447. The van der Waals surface area contributed by atoms with E-state index < -0.39 is 0 Å². The summed E-state index contributed by atoms with van der Waals surface area (Å²) in [7, 11) is 0. The summed E-state index contributed by atoms with van der Waals surface area (Å²) in [6, 6.07) is 0. The zero-order chi connectivity index (χ0) is 13.2. The van der Waals surface area contributed by atoms with Crippen molar-refractivity contribution in [3.8, 4) is 0 Å². The monoisotopic (exact) mass is 263 g/mol. The van der Waals surface area contributed by atoms with Crippen molar-refractivity contribution in [2.45, 2.75) is 25.7 Å². The van der Waals surface area contributed by atoms with Gasteiger partial charge in [-0.25, -0.2) is 9.97 Å². The van der Waals surface area contributed by atoms with Gasteiger partial charge in [0.25, 0.3) is 0 Å². The molecule has 0 unspecified atom stereocenters. The van der Waals surface area contributed by atoms with E-state index in [9.17, 15) is 10.1 Å². The molecule has 2 aliphatic heterocycles. The summed E-state index contributed by atoms with van der Waals surface area (Å²) >= 11 is 0. The summed E-state index contributed by atoms with van der Waals surface area (Å²) < 4.78 is 0. The van der Waals surface area contributed by atoms with Crippen LogP contribution in [0.1, 0.15) is 25.7 Å². The molecule has 0 N–H and O–H groups in total. The molecule has 7 nitrogen and oxygen atoms in total. The largest absolute Gasteiger partial charge is 0.353 e. The first-order valence-corrected chi connectivity index (χ1v) is 6.76. The molecule has 0 saturated carbocycles. The van der Waals surface area contributed by atoms with Gasteiger partial charge in [0, 0.05) is 26.2 Å². The summed E-state index contributed by atoms with van der Waals surface area (Å²) in [5.74, 6) is 0.971. The van der Waals surface area contributed by atoms with E-state index >= 15 is 0 Å². The van der Waals surface area contributed by atoms with Crippen LogP contribution in [-0.4, -0.2) is 41.1 Å². The Kier molecular flexibility index (Phi) is 3.18. The zero-order valence-electron chi connectivity index (χ0n) is 10.8. The normalized spacial score (nSPS) is 19.2. The van der Waals surface area contributed by atoms with E-state index in [-0.39, 0.29) is 10.6 Å². The summed E-state index contributed by atoms with van der Waals surface area (Å²) in [5, 5.41) is 11.4. The maximum Gasteiger partial charge on any atom is 0.353 e. The average molecular weight is 263 g/mol. The van der Waals surface area contributed by atoms with Crippen LogP contribution in [0.15, 0.2) is 6.33 Å². The fourth-order valence-corrected chi connectivity index (χ4v) is 2.84. The zero-order valence-corrected chi connectivity index (χ0v) is 10.8. The van der Waals surface area contributed by atoms with Crippen molar-refractivity contribution in [2.75, 3.05) is 36.0 Å². The van der Waals surface area contributed by atoms with Gasteiger partial charge in [-0.1, -0.05) is 0 Å². The molecular weight excluding hydrogens is 246 g/mol. The molecule has 7 heteroatoms. The Morgan fingerprint density at radius 3 is 1.74 bits per heavy atom. The molecule has 0 amide bonds. The lowest BCUT2D eigenvalue weighted by Gasteiger charge is -2.20. The maximum atomic E-state index is 11.4. The molecule has 0 bridgehead atoms. The van der Waals surface area contributed by atoms with Crippen LogP contribution in [0.3, 0.4) is 0 Å². The van der Waals surface area contributed by atoms with E-state index in [1.54, 1.807) is 0 Å². The predicted octanol–water partition coefficient (Wildman–Crippen LogP) is 1.59. The van der Waals surface area contributed by atoms with Crippen molar-refractivity contribution in [3.05, 3.63) is 16.4 Å². The molecule has 0 radical (unpaired) electrons. The van der Waals surface area contributed by atoms with Crippen molar-refractivity contribution in [2.24, 2.45) is 0 Å². The summed E-state index contributed by atoms with van der Waals surface area (Å²) in [5.41, 5.74) is 0.0753. The molecule has 19 heavy (non-hydrogen) atoms. The fraction of sp³-hybridized carbons (Fsp3) is 0.667. The van der Waals surface area contributed by atoms with E-state index in [1.165, 1.54) is 6.33 Å². The highest BCUT2D eigenvalue weighted by molar-refractivity contribution is 5.71. The first kappa shape index (κ1) is 12.1. The predicted molar refractivity (Wildman–Crippen MR) is 71.6 cm³/mol. The van der Waals surface area contributed by atoms with Crippen LogP contribution in [-0.2, 0) is 0 Å². The van der Waals surface area contributed by atoms with Gasteiger partial charge in [0.05, 0.1) is 4.92 Å². The molecule has 2 aliphatic rings. The number of hydrogen-bond acceptors (Lipinski definition) is 6. The van der Waals surface area contributed by atoms with Gasteiger partial charge in [-0.05, 0) is 25.7 Å². The fourth-order valence-electron chi connectivity index (χ4n) is 2.84. The van der Waals surface area contributed by atoms with Crippen LogP contribution in [0.5, 0.6) is 0 Å². The van der Waals surface area contributed by atoms with Gasteiger partial charge in [-0.3, -0.25) is 10.1 Å². The Morgan fingerprint density at radius 2 is 1.37 bits per heavy atom. The number of anilines is 2. The summed E-state index contributed by atoms with van der Waals surface area (Å²) in [6.07, 6.45) is 5.73. The van der Waals surface area contributed by atoms with Gasteiger partial charge in [-0.2, -0.15) is 0 Å². The average Bonchev–Trinajstić information content (AvgIpc) is 3.11. The molecule has 1 aromatic heterocycles. The Labute approximate surface area is 111 Å². The standard InChI is InChI=1S/C12H17N5O2/c18-17(19)10-11(15-5-1-2-6-15)13-9-14-12(10)16-7-3-4-8-16/h9H,1-8H2. The van der Waals surface area contributed by atoms with Crippen LogP contribution in [0.4, 0.5) is 17.3 Å². The van der Waals surface area contributed by atoms with Crippen molar-refractivity contribution in [1.82, 2.24) is 9.97 Å². The minimum Gasteiger partial charge on any atom is -0.351 e. The van der Waals surface area contributed by atoms with Gasteiger partial charge in [0.2, 0.25) is 11.6 Å². The second kappa shape index (κ2) is 4.99. The maximum absolute atomic E-state index is 11.4. The number of nitro groups is 1. The van der Waals surface area contributed by atoms with Crippen molar-refractivity contribution < 1.29 is 4.92 Å². The van der Waals surface area contributed by atoms with Crippen LogP contribution in [0.2, 0.25) is 0 Å². The molecule has 102 valence electrons. The Hall–Kier alpha value is -1.92. The number of rotatable bonds is 3. The van der Waals surface area contributed by atoms with E-state index in [4.69, 9.17) is 0 Å². The minimum atomic E-state index is -0.332. The lowest BCUT2D eigenvalue weighted by atomic mass is 10.3. The molecule has 3 rings (SSSR count). The lowest BCUT2D eigenvalue weighted by Crippen LogP contribution is -2.25. The summed E-state index contributed by atoms with van der Waals surface area (Å²) in [4.78, 5) is 23.4. The second-order valence-corrected chi connectivity index (χ2v) is 5.01. The molecule has 3 heterocycles. The topological polar surface area (TPSA) is 75.4 Å². The van der Waals surface area contributed by atoms with E-state index in [1.807, 2.05) is 9.80 Å². The second-order valence-electron chi connectivity index (χ2n) is 5.01. The van der Waals surface area contributed by atoms with Crippen molar-refractivity contribution >= 4 is 17.3 Å². The van der Waals surface area contributed by atoms with Gasteiger partial charge < -0.3 is 9.80 Å². The highest BCUT2D eigenvalue weighted by atomic mass is 16.6. The first-order valence-electron chi connectivity index (χ1n) is 6.76. The van der Waals surface area contributed by atoms with Crippen LogP contribution in [0.25, 0.3) is 0 Å². The molecule has 2 saturated heterocycles. The van der Waals surface area contributed by atoms with Crippen LogP contribution >= 0.6 is 0 Å². The van der Waals surface area contributed by atoms with Crippen LogP contribution in [0, 0.1) is 10.1 Å². The smallest absolute Gasteiger partial charge is 0.351 e. The number of hydrogen-bond donors (Lipinski definition) is 0. The van der Waals surface area contributed by atoms with E-state index in [2.05, 4.69) is 9.97 Å². The molecular formula is C12H17N5O2. The third-order valence-electron chi connectivity index (χ3n) is 3.78. The molecule has 0 spiro atoms. The third kappa shape index (κ3) is 2.20. The minimum absolute atomic E-state index is 0.0753. The number of aromatic nitrogens is 2. The van der Waals surface area contributed by atoms with Gasteiger partial charge in [0.1, 0.15) is 6.33 Å². The first-order chi connectivity index (χ1) is 9.27. The lowest BCUT2D eigenvalue weighted by molar-refractivity contribution is -0.383. The highest BCUT2D eigenvalue weighted by Gasteiger charge is 2.31. The Morgan fingerprint density at radius 1 is 0.947 bits per heavy atom. The highest BCUT2D eigenvalue weighted by Crippen LogP contribution is 2.36. The van der Waals surface area contributed by atoms with Crippen molar-refractivity contribution in [3.63, 3.8) is 0 Å². The molecule has 1 aromatic rings. The van der Waals surface area contributed by atoms with Crippen LogP contribution < -0.4 is 9.80 Å². The molecule has 0 aliphatic carbocycles. The SMILES string of the molecule is O=[N+]([O-])c1c(N2CCCC2)ncnc1N1CCCC1. The van der Waals surface area contributed by atoms with Gasteiger partial charge in [0.15, 0.2) is 0 Å². The molecule has 0 aromatic carbocycles. The van der Waals surface area contributed by atoms with Gasteiger partial charge in [-0.15, -0.1) is 0 Å². The molecule has 2 fully saturated rings. The third-order valence-corrected chi connectivity index (χ3v) is 3.78. The quantitative estimate of drug-likeness (QED) is 0.609.